The van der Waals surface area contributed by atoms with Gasteiger partial charge in [-0.1, -0.05) is 6.92 Å². The number of aliphatic hydroxyl groups is 1. The molecule has 0 heterocycles. The molecule has 0 aliphatic rings. The molecule has 0 saturated heterocycles. The summed E-state index contributed by atoms with van der Waals surface area (Å²) in [6, 6.07) is -0.573. The van der Waals surface area contributed by atoms with Gasteiger partial charge in [-0.05, 0) is 6.42 Å². The van der Waals surface area contributed by atoms with Crippen molar-refractivity contribution in [3.05, 3.63) is 0 Å². The van der Waals surface area contributed by atoms with Gasteiger partial charge < -0.3 is 15.2 Å². The lowest BCUT2D eigenvalue weighted by Crippen LogP contribution is -2.38. The largest absolute Gasteiger partial charge is 0.440 e. The van der Waals surface area contributed by atoms with E-state index >= 15 is 0 Å². The van der Waals surface area contributed by atoms with Crippen molar-refractivity contribution in [3.63, 3.8) is 0 Å². The van der Waals surface area contributed by atoms with Gasteiger partial charge in [0.2, 0.25) is 0 Å². The molecule has 0 aliphatic carbocycles. The maximum Gasteiger partial charge on any atom is 0.422 e. The van der Waals surface area contributed by atoms with Crippen LogP contribution in [-0.4, -0.2) is 36.6 Å². The Hall–Kier alpha value is -0.980. The molecule has 14 heavy (non-hydrogen) atoms. The Labute approximate surface area is 79.0 Å². The zero-order valence-electron chi connectivity index (χ0n) is 7.60. The molecule has 0 fully saturated rings. The summed E-state index contributed by atoms with van der Waals surface area (Å²) < 4.78 is 38.5. The number of hydrogen-bond donors (Lipinski definition) is 2. The number of ether oxygens (including phenoxy) is 1. The monoisotopic (exact) mass is 215 g/mol. The fourth-order valence-electron chi connectivity index (χ4n) is 0.633. The van der Waals surface area contributed by atoms with E-state index in [1.54, 1.807) is 6.92 Å². The van der Waals surface area contributed by atoms with Crippen molar-refractivity contribution in [2.45, 2.75) is 25.6 Å². The number of alkyl halides is 3. The summed E-state index contributed by atoms with van der Waals surface area (Å²) in [5, 5.41) is 10.7. The van der Waals surface area contributed by atoms with Crippen LogP contribution in [0.2, 0.25) is 0 Å². The molecule has 84 valence electrons. The first-order valence-corrected chi connectivity index (χ1v) is 4.00. The van der Waals surface area contributed by atoms with E-state index in [0.29, 0.717) is 6.42 Å². The van der Waals surface area contributed by atoms with Gasteiger partial charge in [0.25, 0.3) is 0 Å². The van der Waals surface area contributed by atoms with Crippen LogP contribution in [-0.2, 0) is 4.74 Å². The lowest BCUT2D eigenvalue weighted by Gasteiger charge is -2.14. The minimum Gasteiger partial charge on any atom is -0.440 e. The molecule has 0 spiro atoms. The molecule has 1 amide bonds. The molecule has 0 aliphatic heterocycles. The van der Waals surface area contributed by atoms with E-state index in [9.17, 15) is 18.0 Å². The summed E-state index contributed by atoms with van der Waals surface area (Å²) >= 11 is 0. The van der Waals surface area contributed by atoms with Crippen molar-refractivity contribution in [3.8, 4) is 0 Å². The van der Waals surface area contributed by atoms with Gasteiger partial charge in [-0.15, -0.1) is 0 Å². The van der Waals surface area contributed by atoms with E-state index < -0.39 is 24.9 Å². The van der Waals surface area contributed by atoms with Crippen LogP contribution >= 0.6 is 0 Å². The molecular formula is C7H12F3NO3. The zero-order chi connectivity index (χ0) is 11.2. The molecule has 2 N–H and O–H groups in total. The lowest BCUT2D eigenvalue weighted by molar-refractivity contribution is -0.160. The molecule has 0 aromatic heterocycles. The molecular weight excluding hydrogens is 203 g/mol. The van der Waals surface area contributed by atoms with Gasteiger partial charge in [-0.2, -0.15) is 13.2 Å². The molecule has 0 bridgehead atoms. The van der Waals surface area contributed by atoms with Gasteiger partial charge in [0.05, 0.1) is 12.6 Å². The summed E-state index contributed by atoms with van der Waals surface area (Å²) in [7, 11) is 0. The van der Waals surface area contributed by atoms with Crippen molar-refractivity contribution < 1.29 is 27.8 Å². The third-order valence-electron chi connectivity index (χ3n) is 1.40. The summed E-state index contributed by atoms with van der Waals surface area (Å²) in [6.07, 6.45) is -5.29. The number of aliphatic hydroxyl groups excluding tert-OH is 1. The second-order valence-corrected chi connectivity index (χ2v) is 2.62. The molecule has 0 saturated carbocycles. The fraction of sp³-hybridized carbons (Fsp3) is 0.857. The third-order valence-corrected chi connectivity index (χ3v) is 1.40. The van der Waals surface area contributed by atoms with Crippen LogP contribution in [0.15, 0.2) is 0 Å². The lowest BCUT2D eigenvalue weighted by atomic mass is 10.2. The van der Waals surface area contributed by atoms with Crippen molar-refractivity contribution in [2.75, 3.05) is 13.2 Å². The Kier molecular flexibility index (Phi) is 5.29. The first-order chi connectivity index (χ1) is 6.39. The Morgan fingerprint density at radius 3 is 2.50 bits per heavy atom. The number of nitrogens with one attached hydrogen (secondary N) is 1. The second-order valence-electron chi connectivity index (χ2n) is 2.62. The summed E-state index contributed by atoms with van der Waals surface area (Å²) in [5.74, 6) is 0. The van der Waals surface area contributed by atoms with Crippen LogP contribution in [0.5, 0.6) is 0 Å². The average Bonchev–Trinajstić information content (AvgIpc) is 2.09. The number of amides is 1. The van der Waals surface area contributed by atoms with Gasteiger partial charge in [-0.3, -0.25) is 0 Å². The molecule has 4 nitrogen and oxygen atoms in total. The number of carbonyl (C=O) groups excluding carboxylic acids is 1. The van der Waals surface area contributed by atoms with E-state index in [0.717, 1.165) is 0 Å². The Morgan fingerprint density at radius 2 is 2.14 bits per heavy atom. The first kappa shape index (κ1) is 13.0. The zero-order valence-corrected chi connectivity index (χ0v) is 7.60. The standard InChI is InChI=1S/C7H12F3NO3/c1-2-5(3-12)11-6(13)14-4-7(8,9)10/h5,12H,2-4H2,1H3,(H,11,13). The molecule has 1 atom stereocenters. The number of hydrogen-bond acceptors (Lipinski definition) is 3. The van der Waals surface area contributed by atoms with E-state index in [4.69, 9.17) is 5.11 Å². The Balaban J connectivity index is 3.75. The Bertz CT molecular complexity index is 180. The van der Waals surface area contributed by atoms with E-state index in [1.807, 2.05) is 0 Å². The highest BCUT2D eigenvalue weighted by Crippen LogP contribution is 2.14. The van der Waals surface area contributed by atoms with E-state index in [2.05, 4.69) is 10.1 Å². The fourth-order valence-corrected chi connectivity index (χ4v) is 0.633. The SMILES string of the molecule is CCC(CO)NC(=O)OCC(F)(F)F. The topological polar surface area (TPSA) is 58.6 Å². The number of rotatable bonds is 4. The van der Waals surface area contributed by atoms with Crippen LogP contribution in [0.25, 0.3) is 0 Å². The minimum atomic E-state index is -4.53. The van der Waals surface area contributed by atoms with Gasteiger partial charge in [0.1, 0.15) is 0 Å². The van der Waals surface area contributed by atoms with E-state index in [-0.39, 0.29) is 6.61 Å². The molecule has 0 aromatic carbocycles. The normalized spacial score (nSPS) is 13.5. The van der Waals surface area contributed by atoms with Crippen LogP contribution in [0.3, 0.4) is 0 Å². The van der Waals surface area contributed by atoms with Crippen molar-refractivity contribution in [2.24, 2.45) is 0 Å². The smallest absolute Gasteiger partial charge is 0.422 e. The number of halogens is 3. The summed E-state index contributed by atoms with van der Waals surface area (Å²) in [4.78, 5) is 10.7. The number of carbonyl (C=O) groups is 1. The highest BCUT2D eigenvalue weighted by atomic mass is 19.4. The third kappa shape index (κ3) is 6.53. The molecule has 0 rings (SSSR count). The summed E-state index contributed by atoms with van der Waals surface area (Å²) in [6.45, 7) is -0.288. The highest BCUT2D eigenvalue weighted by molar-refractivity contribution is 5.67. The van der Waals surface area contributed by atoms with Gasteiger partial charge in [0, 0.05) is 0 Å². The maximum atomic E-state index is 11.6. The van der Waals surface area contributed by atoms with Crippen LogP contribution < -0.4 is 5.32 Å². The Morgan fingerprint density at radius 1 is 1.57 bits per heavy atom. The summed E-state index contributed by atoms with van der Waals surface area (Å²) in [5.41, 5.74) is 0. The van der Waals surface area contributed by atoms with Crippen molar-refractivity contribution in [1.29, 1.82) is 0 Å². The quantitative estimate of drug-likeness (QED) is 0.736. The molecule has 0 aromatic rings. The number of alkyl carbamates (subject to hydrolysis) is 1. The van der Waals surface area contributed by atoms with Crippen LogP contribution in [0, 0.1) is 0 Å². The van der Waals surface area contributed by atoms with Crippen LogP contribution in [0.4, 0.5) is 18.0 Å². The molecule has 7 heteroatoms. The minimum absolute atomic E-state index is 0.336. The van der Waals surface area contributed by atoms with Gasteiger partial charge in [-0.25, -0.2) is 4.79 Å². The average molecular weight is 215 g/mol. The highest BCUT2D eigenvalue weighted by Gasteiger charge is 2.29. The van der Waals surface area contributed by atoms with Crippen molar-refractivity contribution >= 4 is 6.09 Å². The van der Waals surface area contributed by atoms with Gasteiger partial charge in [0.15, 0.2) is 6.61 Å². The van der Waals surface area contributed by atoms with Crippen LogP contribution in [0.1, 0.15) is 13.3 Å². The predicted octanol–water partition coefficient (Wildman–Crippen LogP) is 1.05. The maximum absolute atomic E-state index is 11.6. The second kappa shape index (κ2) is 5.69. The van der Waals surface area contributed by atoms with Gasteiger partial charge >= 0.3 is 12.3 Å². The molecule has 1 unspecified atom stereocenters. The first-order valence-electron chi connectivity index (χ1n) is 4.00. The van der Waals surface area contributed by atoms with E-state index in [1.165, 1.54) is 0 Å². The van der Waals surface area contributed by atoms with Crippen molar-refractivity contribution in [1.82, 2.24) is 5.32 Å². The predicted molar refractivity (Wildman–Crippen MR) is 41.7 cm³/mol. The molecule has 0 radical (unpaired) electrons.